The Labute approximate surface area is 277 Å². The van der Waals surface area contributed by atoms with E-state index in [9.17, 15) is 29.4 Å². The minimum absolute atomic E-state index is 0.0679. The lowest BCUT2D eigenvalue weighted by Crippen LogP contribution is -2.24. The van der Waals surface area contributed by atoms with Crippen molar-refractivity contribution in [2.45, 2.75) is 65.8 Å². The van der Waals surface area contributed by atoms with E-state index in [1.807, 2.05) is 26.8 Å². The van der Waals surface area contributed by atoms with Gasteiger partial charge in [0.1, 0.15) is 0 Å². The molecule has 0 spiro atoms. The van der Waals surface area contributed by atoms with Crippen LogP contribution >= 0.6 is 7.82 Å². The highest BCUT2D eigenvalue weighted by Gasteiger charge is 2.30. The molecular formula is C33H36N4O10P-3. The third kappa shape index (κ3) is 9.14. The molecule has 0 aromatic carbocycles. The summed E-state index contributed by atoms with van der Waals surface area (Å²) in [5.41, 5.74) is 9.29. The molecule has 3 aliphatic rings. The Morgan fingerprint density at radius 2 is 1.42 bits per heavy atom. The Kier molecular flexibility index (Phi) is 12.0. The molecule has 1 aromatic heterocycles. The van der Waals surface area contributed by atoms with Crippen LogP contribution in [0.4, 0.5) is 0 Å². The number of carboxylic acid groups (broad SMARTS) is 2. The van der Waals surface area contributed by atoms with Gasteiger partial charge < -0.3 is 45.1 Å². The van der Waals surface area contributed by atoms with Gasteiger partial charge in [-0.3, -0.25) is 24.2 Å². The van der Waals surface area contributed by atoms with Gasteiger partial charge in [0.15, 0.2) is 0 Å². The summed E-state index contributed by atoms with van der Waals surface area (Å²) < 4.78 is 8.55. The second-order valence-electron chi connectivity index (χ2n) is 11.2. The van der Waals surface area contributed by atoms with Gasteiger partial charge in [-0.15, -0.1) is 0 Å². The molecule has 256 valence electrons. The number of aromatic amines is 1. The molecule has 3 aliphatic heterocycles. The minimum atomic E-state index is -5.39. The van der Waals surface area contributed by atoms with Gasteiger partial charge in [-0.25, -0.2) is 0 Å². The van der Waals surface area contributed by atoms with E-state index in [-0.39, 0.29) is 31.1 Å². The first-order valence-corrected chi connectivity index (χ1v) is 16.2. The number of aliphatic carboxylic acids is 2. The van der Waals surface area contributed by atoms with E-state index < -0.39 is 25.8 Å². The van der Waals surface area contributed by atoms with Gasteiger partial charge in [-0.05, 0) is 80.5 Å². The molecule has 48 heavy (non-hydrogen) atoms. The summed E-state index contributed by atoms with van der Waals surface area (Å²) in [6, 6.07) is -0.398. The molecule has 5 N–H and O–H groups in total. The molecule has 0 aliphatic carbocycles. The number of aliphatic imine (C=N–C) groups is 1. The number of rotatable bonds is 12. The summed E-state index contributed by atoms with van der Waals surface area (Å²) >= 11 is 0. The van der Waals surface area contributed by atoms with Crippen LogP contribution in [0.1, 0.15) is 62.5 Å². The average molecular weight is 680 g/mol. The Balaban J connectivity index is 0.00000116. The Morgan fingerprint density at radius 3 is 1.96 bits per heavy atom. The van der Waals surface area contributed by atoms with Gasteiger partial charge in [-0.2, -0.15) is 7.82 Å². The molecule has 0 saturated heterocycles. The van der Waals surface area contributed by atoms with Crippen LogP contribution in [0.3, 0.4) is 0 Å². The van der Waals surface area contributed by atoms with E-state index in [2.05, 4.69) is 28.8 Å². The van der Waals surface area contributed by atoms with Crippen LogP contribution in [0, 0.1) is 6.92 Å². The van der Waals surface area contributed by atoms with Crippen LogP contribution in [0.15, 0.2) is 81.2 Å². The summed E-state index contributed by atoms with van der Waals surface area (Å²) in [4.78, 5) is 81.7. The van der Waals surface area contributed by atoms with Crippen LogP contribution in [-0.2, 0) is 36.6 Å². The fourth-order valence-electron chi connectivity index (χ4n) is 5.72. The quantitative estimate of drug-likeness (QED) is 0.199. The highest BCUT2D eigenvalue weighted by atomic mass is 31.2. The summed E-state index contributed by atoms with van der Waals surface area (Å²) in [5, 5.41) is 24.6. The summed E-state index contributed by atoms with van der Waals surface area (Å²) in [6.45, 7) is 14.9. The maximum Gasteiger partial charge on any atom is 0.303 e. The van der Waals surface area contributed by atoms with Gasteiger partial charge >= 0.3 is 11.9 Å². The van der Waals surface area contributed by atoms with E-state index >= 15 is 0 Å². The number of carbonyl (C=O) groups excluding carboxylic acids is 2. The molecule has 2 amide bonds. The normalized spacial score (nSPS) is 19.5. The SMILES string of the molecule is C=CC1=C(C)/C(=C/C2=NC(Cc3[nH]c(/C=C4\NC(=O)C(C)=C4C=C)c(C)c3CCC(=O)O)C(CCC(=O)O)=C2C)NC1=O.O=P([O-])([O-])[O-]. The number of nitrogens with zero attached hydrogens (tertiary/aromatic N) is 1. The van der Waals surface area contributed by atoms with Gasteiger partial charge in [0.05, 0.1) is 17.5 Å². The van der Waals surface area contributed by atoms with Crippen molar-refractivity contribution >= 4 is 43.4 Å². The van der Waals surface area contributed by atoms with E-state index in [1.54, 1.807) is 19.1 Å². The number of hydrogen-bond donors (Lipinski definition) is 5. The van der Waals surface area contributed by atoms with Crippen LogP contribution in [-0.4, -0.2) is 50.7 Å². The molecule has 0 bridgehead atoms. The molecule has 0 fully saturated rings. The van der Waals surface area contributed by atoms with Gasteiger partial charge in [0.2, 0.25) is 0 Å². The molecule has 1 unspecified atom stereocenters. The van der Waals surface area contributed by atoms with Crippen LogP contribution in [0.25, 0.3) is 6.08 Å². The zero-order valence-corrected chi connectivity index (χ0v) is 27.8. The van der Waals surface area contributed by atoms with Crippen molar-refractivity contribution in [3.8, 4) is 0 Å². The maximum atomic E-state index is 12.3. The number of amides is 2. The first-order chi connectivity index (χ1) is 22.4. The number of H-pyrrole nitrogens is 1. The zero-order valence-electron chi connectivity index (χ0n) is 26.9. The fourth-order valence-corrected chi connectivity index (χ4v) is 5.72. The molecule has 14 nitrogen and oxygen atoms in total. The number of nitrogens with one attached hydrogen (secondary N) is 3. The highest BCUT2D eigenvalue weighted by molar-refractivity contribution is 7.40. The zero-order chi connectivity index (χ0) is 36.1. The third-order valence-corrected chi connectivity index (χ3v) is 8.23. The smallest absolute Gasteiger partial charge is 0.303 e. The summed E-state index contributed by atoms with van der Waals surface area (Å²) in [7, 11) is -5.39. The Morgan fingerprint density at radius 1 is 0.854 bits per heavy atom. The number of phosphoric acid groups is 1. The Hall–Kier alpha value is -4.88. The lowest BCUT2D eigenvalue weighted by molar-refractivity contribution is -0.432. The predicted molar refractivity (Wildman–Crippen MR) is 172 cm³/mol. The van der Waals surface area contributed by atoms with E-state index in [0.29, 0.717) is 46.7 Å². The lowest BCUT2D eigenvalue weighted by atomic mass is 9.93. The number of aromatic nitrogens is 1. The van der Waals surface area contributed by atoms with Gasteiger partial charge in [0, 0.05) is 53.1 Å². The predicted octanol–water partition coefficient (Wildman–Crippen LogP) is 1.55. The molecule has 4 heterocycles. The van der Waals surface area contributed by atoms with Crippen molar-refractivity contribution in [2.24, 2.45) is 4.99 Å². The first-order valence-electron chi connectivity index (χ1n) is 14.7. The highest BCUT2D eigenvalue weighted by Crippen LogP contribution is 2.33. The Bertz CT molecular complexity index is 1820. The number of carbonyl (C=O) groups is 4. The molecular weight excluding hydrogens is 643 g/mol. The molecule has 1 atom stereocenters. The van der Waals surface area contributed by atoms with E-state index in [4.69, 9.17) is 24.2 Å². The third-order valence-electron chi connectivity index (χ3n) is 8.23. The van der Waals surface area contributed by atoms with Crippen LogP contribution in [0.2, 0.25) is 0 Å². The summed E-state index contributed by atoms with van der Waals surface area (Å²) in [6.07, 6.45) is 7.58. The first kappa shape index (κ1) is 37.6. The van der Waals surface area contributed by atoms with Crippen molar-refractivity contribution in [3.63, 3.8) is 0 Å². The van der Waals surface area contributed by atoms with Gasteiger partial charge in [0.25, 0.3) is 11.8 Å². The van der Waals surface area contributed by atoms with Crippen LogP contribution in [0.5, 0.6) is 0 Å². The lowest BCUT2D eigenvalue weighted by Gasteiger charge is -2.36. The van der Waals surface area contributed by atoms with Crippen molar-refractivity contribution in [2.75, 3.05) is 0 Å². The van der Waals surface area contributed by atoms with Crippen molar-refractivity contribution in [3.05, 3.63) is 98.7 Å². The van der Waals surface area contributed by atoms with E-state index in [1.165, 1.54) is 6.08 Å². The molecule has 4 rings (SSSR count). The number of allylic oxidation sites excluding steroid dienone is 4. The number of carboxylic acids is 2. The molecule has 0 radical (unpaired) electrons. The van der Waals surface area contributed by atoms with Crippen LogP contribution < -0.4 is 25.3 Å². The monoisotopic (exact) mass is 679 g/mol. The summed E-state index contributed by atoms with van der Waals surface area (Å²) in [5.74, 6) is -2.29. The molecule has 0 saturated carbocycles. The largest absolute Gasteiger partial charge is 0.822 e. The molecule has 15 heteroatoms. The maximum absolute atomic E-state index is 12.3. The second-order valence-corrected chi connectivity index (χ2v) is 12.1. The average Bonchev–Trinajstić information content (AvgIpc) is 3.62. The second kappa shape index (κ2) is 15.3. The standard InChI is InChI=1S/C33H36N4O6.H3O4P/c1-7-20-19(6)32(42)37-27(20)14-25-18(5)23(10-12-31(40)41)29(35-25)15-28-22(9-11-30(38)39)17(4)24(34-28)13-26-16(3)21(8-2)33(43)36-26;1-5(2,3)4/h7-8,13-14,28,35H,1-2,9-12,15H2,3-6H3,(H,36,43)(H,37,42)(H,38,39)(H,40,41);(H3,1,2,3,4)/p-3/b26-13-,27-14-;. The van der Waals surface area contributed by atoms with E-state index in [0.717, 1.165) is 39.2 Å². The van der Waals surface area contributed by atoms with Crippen molar-refractivity contribution < 1.29 is 48.6 Å². The minimum Gasteiger partial charge on any atom is -0.822 e. The topological polar surface area (TPSA) is 247 Å². The fraction of sp³-hybridized carbons (Fsp3) is 0.303. The van der Waals surface area contributed by atoms with Gasteiger partial charge in [-0.1, -0.05) is 25.3 Å². The van der Waals surface area contributed by atoms with Crippen molar-refractivity contribution in [1.29, 1.82) is 0 Å². The van der Waals surface area contributed by atoms with Crippen molar-refractivity contribution in [1.82, 2.24) is 15.6 Å². The number of hydrogen-bond acceptors (Lipinski definition) is 9. The molecule has 1 aromatic rings.